The van der Waals surface area contributed by atoms with Gasteiger partial charge in [0.25, 0.3) is 0 Å². The summed E-state index contributed by atoms with van der Waals surface area (Å²) in [5.74, 6) is 0. The summed E-state index contributed by atoms with van der Waals surface area (Å²) in [4.78, 5) is 0. The van der Waals surface area contributed by atoms with Crippen molar-refractivity contribution in [2.75, 3.05) is 13.2 Å². The van der Waals surface area contributed by atoms with Crippen molar-refractivity contribution in [3.05, 3.63) is 0 Å². The molecule has 1 N–H and O–H groups in total. The molecule has 0 saturated carbocycles. The van der Waals surface area contributed by atoms with E-state index >= 15 is 0 Å². The molecule has 1 atom stereocenters. The first-order chi connectivity index (χ1) is 3.77. The molecule has 0 aromatic rings. The van der Waals surface area contributed by atoms with Crippen molar-refractivity contribution in [1.82, 2.24) is 0 Å². The maximum Gasteiger partial charge on any atom is 0.151 e. The summed E-state index contributed by atoms with van der Waals surface area (Å²) in [7, 11) is 0. The lowest BCUT2D eigenvalue weighted by Crippen LogP contribution is -2.07. The summed E-state index contributed by atoms with van der Waals surface area (Å²) in [6.45, 7) is 1.75. The summed E-state index contributed by atoms with van der Waals surface area (Å²) in [5, 5.41) is 18.2. The van der Waals surface area contributed by atoms with Crippen LogP contribution in [0.5, 0.6) is 0 Å². The second-order valence-corrected chi connectivity index (χ2v) is 1.53. The van der Waals surface area contributed by atoms with E-state index in [1.807, 2.05) is 0 Å². The molecule has 0 aliphatic rings. The normalized spacial score (nSPS) is 13.9. The van der Waals surface area contributed by atoms with Gasteiger partial charge in [0.15, 0.2) is 6.29 Å². The Morgan fingerprint density at radius 1 is 1.75 bits per heavy atom. The lowest BCUT2D eigenvalue weighted by Gasteiger charge is -2.02. The second kappa shape index (κ2) is 5.03. The van der Waals surface area contributed by atoms with E-state index in [-0.39, 0.29) is 6.61 Å². The number of aliphatic hydroxyl groups excluding tert-OH is 1. The topological polar surface area (TPSA) is 49.4 Å². The van der Waals surface area contributed by atoms with Gasteiger partial charge in [-0.05, 0) is 13.3 Å². The Hall–Kier alpha value is -0.120. The standard InChI is InChI=1S/C5H11O3/c1-5(7)8-4-2-3-6/h5,7H,2-4H2,1H3. The summed E-state index contributed by atoms with van der Waals surface area (Å²) < 4.78 is 4.64. The summed E-state index contributed by atoms with van der Waals surface area (Å²) in [6, 6.07) is 0. The molecule has 0 heterocycles. The van der Waals surface area contributed by atoms with E-state index in [2.05, 4.69) is 4.74 Å². The van der Waals surface area contributed by atoms with E-state index < -0.39 is 6.29 Å². The fourth-order valence-electron chi connectivity index (χ4n) is 0.313. The molecule has 3 nitrogen and oxygen atoms in total. The summed E-state index contributed by atoms with van der Waals surface area (Å²) >= 11 is 0. The highest BCUT2D eigenvalue weighted by molar-refractivity contribution is 4.30. The van der Waals surface area contributed by atoms with Crippen LogP contribution < -0.4 is 0 Å². The average molecular weight is 119 g/mol. The Bertz CT molecular complexity index is 44.9. The van der Waals surface area contributed by atoms with Crippen molar-refractivity contribution in [2.24, 2.45) is 0 Å². The molecule has 0 amide bonds. The molecular weight excluding hydrogens is 108 g/mol. The molecule has 0 aromatic heterocycles. The first-order valence-corrected chi connectivity index (χ1v) is 2.65. The molecule has 0 aliphatic heterocycles. The van der Waals surface area contributed by atoms with Crippen LogP contribution in [0.25, 0.3) is 0 Å². The third-order valence-electron chi connectivity index (χ3n) is 0.648. The van der Waals surface area contributed by atoms with E-state index in [1.165, 1.54) is 6.92 Å². The third kappa shape index (κ3) is 5.88. The molecule has 0 aliphatic carbocycles. The molecule has 1 unspecified atom stereocenters. The van der Waals surface area contributed by atoms with Gasteiger partial charge < -0.3 is 9.84 Å². The maximum atomic E-state index is 9.75. The summed E-state index contributed by atoms with van der Waals surface area (Å²) in [6.07, 6.45) is -0.258. The van der Waals surface area contributed by atoms with Crippen LogP contribution in [0.3, 0.4) is 0 Å². The van der Waals surface area contributed by atoms with Crippen molar-refractivity contribution >= 4 is 0 Å². The molecule has 0 spiro atoms. The van der Waals surface area contributed by atoms with Crippen LogP contribution in [-0.2, 0) is 9.84 Å². The van der Waals surface area contributed by atoms with E-state index in [4.69, 9.17) is 5.11 Å². The molecule has 3 heteroatoms. The number of aliphatic hydroxyl groups is 1. The zero-order valence-corrected chi connectivity index (χ0v) is 4.96. The lowest BCUT2D eigenvalue weighted by atomic mass is 10.5. The van der Waals surface area contributed by atoms with Gasteiger partial charge in [-0.3, -0.25) is 0 Å². The smallest absolute Gasteiger partial charge is 0.151 e. The fraction of sp³-hybridized carbons (Fsp3) is 1.00. The molecular formula is C5H11O3. The predicted molar refractivity (Wildman–Crippen MR) is 27.8 cm³/mol. The Kier molecular flexibility index (Phi) is 4.95. The Morgan fingerprint density at radius 2 is 2.38 bits per heavy atom. The second-order valence-electron chi connectivity index (χ2n) is 1.53. The number of rotatable bonds is 4. The van der Waals surface area contributed by atoms with Gasteiger partial charge in [-0.1, -0.05) is 0 Å². The van der Waals surface area contributed by atoms with Crippen LogP contribution in [0.15, 0.2) is 0 Å². The Morgan fingerprint density at radius 3 is 2.75 bits per heavy atom. The molecule has 0 fully saturated rings. The molecule has 0 rings (SSSR count). The van der Waals surface area contributed by atoms with Crippen LogP contribution in [-0.4, -0.2) is 24.6 Å². The largest absolute Gasteiger partial charge is 0.368 e. The quantitative estimate of drug-likeness (QED) is 0.423. The van der Waals surface area contributed by atoms with E-state index in [0.717, 1.165) is 0 Å². The van der Waals surface area contributed by atoms with E-state index in [9.17, 15) is 5.11 Å². The minimum absolute atomic E-state index is 0.132. The minimum Gasteiger partial charge on any atom is -0.368 e. The first-order valence-electron chi connectivity index (χ1n) is 2.65. The van der Waals surface area contributed by atoms with Gasteiger partial charge in [-0.2, -0.15) is 0 Å². The zero-order valence-electron chi connectivity index (χ0n) is 4.96. The fourth-order valence-corrected chi connectivity index (χ4v) is 0.313. The van der Waals surface area contributed by atoms with Gasteiger partial charge in [-0.25, -0.2) is 5.11 Å². The van der Waals surface area contributed by atoms with Crippen LogP contribution in [0.4, 0.5) is 0 Å². The molecule has 1 radical (unpaired) electrons. The van der Waals surface area contributed by atoms with Crippen molar-refractivity contribution < 1.29 is 14.9 Å². The number of hydrogen-bond acceptors (Lipinski definition) is 2. The first kappa shape index (κ1) is 7.88. The van der Waals surface area contributed by atoms with Crippen molar-refractivity contribution in [2.45, 2.75) is 19.6 Å². The average Bonchev–Trinajstić information content (AvgIpc) is 1.66. The third-order valence-corrected chi connectivity index (χ3v) is 0.648. The lowest BCUT2D eigenvalue weighted by molar-refractivity contribution is -0.0887. The SMILES string of the molecule is CC(O)OCCC[O]. The van der Waals surface area contributed by atoms with Crippen molar-refractivity contribution in [3.8, 4) is 0 Å². The van der Waals surface area contributed by atoms with Crippen LogP contribution in [0, 0.1) is 0 Å². The van der Waals surface area contributed by atoms with Gasteiger partial charge >= 0.3 is 0 Å². The van der Waals surface area contributed by atoms with Crippen molar-refractivity contribution in [3.63, 3.8) is 0 Å². The predicted octanol–water partition coefficient (Wildman–Crippen LogP) is 0.162. The minimum atomic E-state index is -0.735. The van der Waals surface area contributed by atoms with Gasteiger partial charge in [-0.15, -0.1) is 0 Å². The van der Waals surface area contributed by atoms with Gasteiger partial charge in [0.1, 0.15) is 0 Å². The van der Waals surface area contributed by atoms with Crippen LogP contribution in [0.1, 0.15) is 13.3 Å². The number of hydrogen-bond donors (Lipinski definition) is 1. The highest BCUT2D eigenvalue weighted by Crippen LogP contribution is 1.85. The summed E-state index contributed by atoms with van der Waals surface area (Å²) in [5.41, 5.74) is 0. The molecule has 0 aromatic carbocycles. The van der Waals surface area contributed by atoms with Gasteiger partial charge in [0.2, 0.25) is 0 Å². The van der Waals surface area contributed by atoms with E-state index in [1.54, 1.807) is 0 Å². The monoisotopic (exact) mass is 119 g/mol. The Labute approximate surface area is 48.9 Å². The van der Waals surface area contributed by atoms with E-state index in [0.29, 0.717) is 13.0 Å². The molecule has 0 bridgehead atoms. The highest BCUT2D eigenvalue weighted by Gasteiger charge is 1.91. The highest BCUT2D eigenvalue weighted by atomic mass is 16.6. The van der Waals surface area contributed by atoms with Gasteiger partial charge in [0, 0.05) is 0 Å². The van der Waals surface area contributed by atoms with Gasteiger partial charge in [0.05, 0.1) is 13.2 Å². The maximum absolute atomic E-state index is 9.75. The molecule has 49 valence electrons. The number of ether oxygens (including phenoxy) is 1. The zero-order chi connectivity index (χ0) is 6.41. The van der Waals surface area contributed by atoms with Crippen LogP contribution >= 0.6 is 0 Å². The Balaban J connectivity index is 2.72. The molecule has 0 saturated heterocycles. The molecule has 8 heavy (non-hydrogen) atoms. The van der Waals surface area contributed by atoms with Crippen LogP contribution in [0.2, 0.25) is 0 Å². The van der Waals surface area contributed by atoms with Crippen molar-refractivity contribution in [1.29, 1.82) is 0 Å².